The summed E-state index contributed by atoms with van der Waals surface area (Å²) in [4.78, 5) is 23.8. The van der Waals surface area contributed by atoms with Gasteiger partial charge < -0.3 is 10.1 Å². The van der Waals surface area contributed by atoms with E-state index in [1.807, 2.05) is 31.2 Å². The maximum atomic E-state index is 12.5. The Kier molecular flexibility index (Phi) is 4.84. The second-order valence-electron chi connectivity index (χ2n) is 5.87. The van der Waals surface area contributed by atoms with Gasteiger partial charge in [-0.15, -0.1) is 0 Å². The predicted molar refractivity (Wildman–Crippen MR) is 99.3 cm³/mol. The van der Waals surface area contributed by atoms with Crippen LogP contribution < -0.4 is 10.1 Å². The second-order valence-corrected chi connectivity index (χ2v) is 5.87. The molecular weight excluding hydrogens is 330 g/mol. The van der Waals surface area contributed by atoms with Gasteiger partial charge in [0.15, 0.2) is 11.5 Å². The molecule has 0 aliphatic carbocycles. The van der Waals surface area contributed by atoms with Crippen molar-refractivity contribution < 1.29 is 14.3 Å². The minimum absolute atomic E-state index is 0.0180. The van der Waals surface area contributed by atoms with Crippen LogP contribution in [0, 0.1) is 6.92 Å². The Morgan fingerprint density at radius 3 is 2.46 bits per heavy atom. The molecule has 1 amide bonds. The zero-order valence-corrected chi connectivity index (χ0v) is 14.8. The van der Waals surface area contributed by atoms with Gasteiger partial charge in [-0.05, 0) is 56.3 Å². The Labute approximate surface area is 151 Å². The standard InChI is InChI=1S/C20H19N3O3/c1-13-11-19(22-23(13)17-5-4-6-18(12-17)26-3)20(25)21-16-9-7-15(8-10-16)14(2)24/h4-12H,1-3H3,(H,21,25). The van der Waals surface area contributed by atoms with Gasteiger partial charge in [-0.3, -0.25) is 9.59 Å². The molecule has 1 N–H and O–H groups in total. The molecule has 0 aliphatic heterocycles. The molecule has 0 unspecified atom stereocenters. The zero-order valence-electron chi connectivity index (χ0n) is 14.8. The summed E-state index contributed by atoms with van der Waals surface area (Å²) in [5, 5.41) is 7.18. The Balaban J connectivity index is 1.81. The molecule has 6 heteroatoms. The number of anilines is 1. The number of ether oxygens (including phenoxy) is 1. The summed E-state index contributed by atoms with van der Waals surface area (Å²) in [7, 11) is 1.60. The van der Waals surface area contributed by atoms with Crippen molar-refractivity contribution in [2.45, 2.75) is 13.8 Å². The van der Waals surface area contributed by atoms with Crippen LogP contribution >= 0.6 is 0 Å². The number of ketones is 1. The predicted octanol–water partition coefficient (Wildman–Crippen LogP) is 3.64. The van der Waals surface area contributed by atoms with E-state index in [1.54, 1.807) is 42.1 Å². The number of carbonyl (C=O) groups excluding carboxylic acids is 2. The smallest absolute Gasteiger partial charge is 0.276 e. The first-order valence-corrected chi connectivity index (χ1v) is 8.11. The lowest BCUT2D eigenvalue weighted by Crippen LogP contribution is -2.13. The van der Waals surface area contributed by atoms with Crippen molar-refractivity contribution in [2.75, 3.05) is 12.4 Å². The van der Waals surface area contributed by atoms with Gasteiger partial charge in [0, 0.05) is 23.0 Å². The van der Waals surface area contributed by atoms with E-state index >= 15 is 0 Å². The van der Waals surface area contributed by atoms with E-state index in [2.05, 4.69) is 10.4 Å². The summed E-state index contributed by atoms with van der Waals surface area (Å²) >= 11 is 0. The number of hydrogen-bond acceptors (Lipinski definition) is 4. The monoisotopic (exact) mass is 349 g/mol. The highest BCUT2D eigenvalue weighted by Gasteiger charge is 2.14. The van der Waals surface area contributed by atoms with Crippen molar-refractivity contribution >= 4 is 17.4 Å². The topological polar surface area (TPSA) is 73.2 Å². The third kappa shape index (κ3) is 3.64. The van der Waals surface area contributed by atoms with Gasteiger partial charge in [-0.25, -0.2) is 4.68 Å². The molecule has 0 saturated carbocycles. The van der Waals surface area contributed by atoms with Crippen LogP contribution in [0.2, 0.25) is 0 Å². The van der Waals surface area contributed by atoms with Gasteiger partial charge in [-0.2, -0.15) is 5.10 Å². The molecular formula is C20H19N3O3. The molecule has 2 aromatic carbocycles. The van der Waals surface area contributed by atoms with Crippen molar-refractivity contribution in [3.8, 4) is 11.4 Å². The summed E-state index contributed by atoms with van der Waals surface area (Å²) in [5.74, 6) is 0.384. The van der Waals surface area contributed by atoms with Crippen LogP contribution in [0.3, 0.4) is 0 Å². The molecule has 0 spiro atoms. The van der Waals surface area contributed by atoms with Crippen molar-refractivity contribution in [3.05, 3.63) is 71.5 Å². The van der Waals surface area contributed by atoms with Crippen molar-refractivity contribution in [3.63, 3.8) is 0 Å². The SMILES string of the molecule is COc1cccc(-n2nc(C(=O)Nc3ccc(C(C)=O)cc3)cc2C)c1. The van der Waals surface area contributed by atoms with E-state index in [9.17, 15) is 9.59 Å². The van der Waals surface area contributed by atoms with Crippen LogP contribution in [-0.4, -0.2) is 28.6 Å². The summed E-state index contributed by atoms with van der Waals surface area (Å²) < 4.78 is 6.92. The first-order valence-electron chi connectivity index (χ1n) is 8.11. The van der Waals surface area contributed by atoms with Crippen molar-refractivity contribution in [2.24, 2.45) is 0 Å². The number of amides is 1. The summed E-state index contributed by atoms with van der Waals surface area (Å²) in [6.07, 6.45) is 0. The lowest BCUT2D eigenvalue weighted by molar-refractivity contribution is 0.101. The van der Waals surface area contributed by atoms with E-state index in [0.717, 1.165) is 11.4 Å². The van der Waals surface area contributed by atoms with Crippen LogP contribution in [0.25, 0.3) is 5.69 Å². The summed E-state index contributed by atoms with van der Waals surface area (Å²) in [6, 6.07) is 15.9. The molecule has 0 fully saturated rings. The van der Waals surface area contributed by atoms with Crippen LogP contribution in [0.1, 0.15) is 33.5 Å². The van der Waals surface area contributed by atoms with Crippen molar-refractivity contribution in [1.82, 2.24) is 9.78 Å². The van der Waals surface area contributed by atoms with Crippen LogP contribution in [0.4, 0.5) is 5.69 Å². The minimum Gasteiger partial charge on any atom is -0.497 e. The number of nitrogens with one attached hydrogen (secondary N) is 1. The average Bonchev–Trinajstić information content (AvgIpc) is 3.04. The summed E-state index contributed by atoms with van der Waals surface area (Å²) in [6.45, 7) is 3.38. The lowest BCUT2D eigenvalue weighted by Gasteiger charge is -2.06. The Bertz CT molecular complexity index is 959. The molecule has 6 nitrogen and oxygen atoms in total. The summed E-state index contributed by atoms with van der Waals surface area (Å²) in [5.41, 5.74) is 3.15. The molecule has 26 heavy (non-hydrogen) atoms. The number of hydrogen-bond donors (Lipinski definition) is 1. The van der Waals surface area contributed by atoms with E-state index in [4.69, 9.17) is 4.74 Å². The van der Waals surface area contributed by atoms with Crippen LogP contribution in [0.15, 0.2) is 54.6 Å². The fourth-order valence-electron chi connectivity index (χ4n) is 2.57. The molecule has 0 radical (unpaired) electrons. The molecule has 1 aromatic heterocycles. The highest BCUT2D eigenvalue weighted by atomic mass is 16.5. The van der Waals surface area contributed by atoms with Gasteiger partial charge in [-0.1, -0.05) is 6.07 Å². The number of benzene rings is 2. The van der Waals surface area contributed by atoms with Gasteiger partial charge in [0.25, 0.3) is 5.91 Å². The second kappa shape index (κ2) is 7.23. The first-order chi connectivity index (χ1) is 12.5. The molecule has 0 saturated heterocycles. The number of Topliss-reactive ketones (excluding diaryl/α,β-unsaturated/α-hetero) is 1. The molecule has 3 aromatic rings. The van der Waals surface area contributed by atoms with E-state index in [0.29, 0.717) is 22.7 Å². The minimum atomic E-state index is -0.315. The van der Waals surface area contributed by atoms with Gasteiger partial charge >= 0.3 is 0 Å². The average molecular weight is 349 g/mol. The van der Waals surface area contributed by atoms with Crippen molar-refractivity contribution in [1.29, 1.82) is 0 Å². The fourth-order valence-corrected chi connectivity index (χ4v) is 2.57. The quantitative estimate of drug-likeness (QED) is 0.714. The molecule has 0 bridgehead atoms. The third-order valence-corrected chi connectivity index (χ3v) is 3.97. The molecule has 3 rings (SSSR count). The Morgan fingerprint density at radius 1 is 1.08 bits per heavy atom. The largest absolute Gasteiger partial charge is 0.497 e. The fraction of sp³-hybridized carbons (Fsp3) is 0.150. The van der Waals surface area contributed by atoms with Gasteiger partial charge in [0.1, 0.15) is 5.75 Å². The number of nitrogens with zero attached hydrogens (tertiary/aromatic N) is 2. The maximum absolute atomic E-state index is 12.5. The molecule has 0 atom stereocenters. The third-order valence-electron chi connectivity index (χ3n) is 3.97. The number of carbonyl (C=O) groups is 2. The maximum Gasteiger partial charge on any atom is 0.276 e. The van der Waals surface area contributed by atoms with Gasteiger partial charge in [0.2, 0.25) is 0 Å². The Morgan fingerprint density at radius 2 is 1.81 bits per heavy atom. The normalized spacial score (nSPS) is 10.4. The van der Waals surface area contributed by atoms with E-state index in [1.165, 1.54) is 6.92 Å². The number of aromatic nitrogens is 2. The Hall–Kier alpha value is -3.41. The van der Waals surface area contributed by atoms with Gasteiger partial charge in [0.05, 0.1) is 12.8 Å². The number of rotatable bonds is 5. The zero-order chi connectivity index (χ0) is 18.7. The molecule has 1 heterocycles. The molecule has 0 aliphatic rings. The highest BCUT2D eigenvalue weighted by Crippen LogP contribution is 2.19. The molecule has 132 valence electrons. The van der Waals surface area contributed by atoms with Crippen LogP contribution in [-0.2, 0) is 0 Å². The number of methoxy groups -OCH3 is 1. The highest BCUT2D eigenvalue weighted by molar-refractivity contribution is 6.03. The van der Waals surface area contributed by atoms with E-state index in [-0.39, 0.29) is 11.7 Å². The van der Waals surface area contributed by atoms with Crippen LogP contribution in [0.5, 0.6) is 5.75 Å². The first kappa shape index (κ1) is 17.4. The lowest BCUT2D eigenvalue weighted by atomic mass is 10.1. The van der Waals surface area contributed by atoms with E-state index < -0.39 is 0 Å². The number of aryl methyl sites for hydroxylation is 1.